The van der Waals surface area contributed by atoms with Gasteiger partial charge < -0.3 is 11.1 Å². The van der Waals surface area contributed by atoms with E-state index in [4.69, 9.17) is 5.73 Å². The molecule has 1 aliphatic carbocycles. The van der Waals surface area contributed by atoms with Crippen molar-refractivity contribution in [1.82, 2.24) is 5.32 Å². The summed E-state index contributed by atoms with van der Waals surface area (Å²) in [4.78, 5) is 11.6. The molecule has 0 aliphatic heterocycles. The van der Waals surface area contributed by atoms with Crippen LogP contribution in [0.25, 0.3) is 0 Å². The fourth-order valence-corrected chi connectivity index (χ4v) is 1.53. The molecule has 0 unspecified atom stereocenters. The van der Waals surface area contributed by atoms with Gasteiger partial charge in [-0.25, -0.2) is 0 Å². The highest BCUT2D eigenvalue weighted by molar-refractivity contribution is 5.84. The molecule has 0 aromatic rings. The Morgan fingerprint density at radius 3 is 2.69 bits per heavy atom. The normalized spacial score (nSPS) is 18.0. The Labute approximate surface area is 79.1 Å². The van der Waals surface area contributed by atoms with Crippen molar-refractivity contribution in [3.63, 3.8) is 0 Å². The molecule has 0 aromatic carbocycles. The lowest BCUT2D eigenvalue weighted by atomic mass is 9.68. The van der Waals surface area contributed by atoms with Crippen LogP contribution in [0.5, 0.6) is 0 Å². The number of carbonyl (C=O) groups is 1. The smallest absolute Gasteiger partial charge is 0.228 e. The molecule has 0 radical (unpaired) electrons. The monoisotopic (exact) mass is 180 g/mol. The fraction of sp³-hybridized carbons (Fsp3) is 0.700. The Bertz CT molecular complexity index is 240. The zero-order valence-electron chi connectivity index (χ0n) is 8.02. The van der Waals surface area contributed by atoms with E-state index >= 15 is 0 Å². The Kier molecular flexibility index (Phi) is 3.32. The molecule has 13 heavy (non-hydrogen) atoms. The third-order valence-electron chi connectivity index (χ3n) is 2.70. The molecule has 1 fully saturated rings. The summed E-state index contributed by atoms with van der Waals surface area (Å²) in [5.74, 6) is 5.61. The van der Waals surface area contributed by atoms with E-state index in [1.54, 1.807) is 6.92 Å². The maximum atomic E-state index is 11.6. The summed E-state index contributed by atoms with van der Waals surface area (Å²) in [6.07, 6.45) is 2.97. The second-order valence-corrected chi connectivity index (χ2v) is 3.45. The van der Waals surface area contributed by atoms with Gasteiger partial charge in [-0.3, -0.25) is 4.79 Å². The topological polar surface area (TPSA) is 55.1 Å². The molecule has 0 spiro atoms. The molecular weight excluding hydrogens is 164 g/mol. The van der Waals surface area contributed by atoms with Crippen molar-refractivity contribution in [1.29, 1.82) is 0 Å². The summed E-state index contributed by atoms with van der Waals surface area (Å²) in [6, 6.07) is 0. The SMILES string of the molecule is CC#CCNC(=O)C1(CN)CCC1. The quantitative estimate of drug-likeness (QED) is 0.612. The van der Waals surface area contributed by atoms with Crippen molar-refractivity contribution < 1.29 is 4.79 Å². The first-order valence-electron chi connectivity index (χ1n) is 4.63. The molecule has 0 heterocycles. The van der Waals surface area contributed by atoms with Crippen molar-refractivity contribution in [3.8, 4) is 11.8 Å². The zero-order valence-corrected chi connectivity index (χ0v) is 8.02. The van der Waals surface area contributed by atoms with Gasteiger partial charge in [-0.15, -0.1) is 5.92 Å². The van der Waals surface area contributed by atoms with E-state index in [0.29, 0.717) is 13.1 Å². The molecule has 1 aliphatic rings. The number of hydrogen-bond acceptors (Lipinski definition) is 2. The van der Waals surface area contributed by atoms with Gasteiger partial charge in [0.2, 0.25) is 5.91 Å². The predicted molar refractivity (Wildman–Crippen MR) is 51.8 cm³/mol. The highest BCUT2D eigenvalue weighted by Gasteiger charge is 2.42. The standard InChI is InChI=1S/C10H16N2O/c1-2-3-7-12-9(13)10(8-11)5-4-6-10/h4-8,11H2,1H3,(H,12,13). The molecule has 1 amide bonds. The molecule has 0 bridgehead atoms. The number of carbonyl (C=O) groups excluding carboxylic acids is 1. The van der Waals surface area contributed by atoms with Crippen LogP contribution < -0.4 is 11.1 Å². The van der Waals surface area contributed by atoms with Crippen LogP contribution in [0.4, 0.5) is 0 Å². The Balaban J connectivity index is 2.40. The molecule has 1 saturated carbocycles. The van der Waals surface area contributed by atoms with Crippen LogP contribution in [0, 0.1) is 17.3 Å². The molecule has 0 atom stereocenters. The molecule has 1 rings (SSSR count). The van der Waals surface area contributed by atoms with E-state index < -0.39 is 0 Å². The number of nitrogens with two attached hydrogens (primary N) is 1. The zero-order chi connectivity index (χ0) is 9.73. The van der Waals surface area contributed by atoms with E-state index in [-0.39, 0.29) is 11.3 Å². The largest absolute Gasteiger partial charge is 0.345 e. The van der Waals surface area contributed by atoms with Crippen LogP contribution in [-0.2, 0) is 4.79 Å². The van der Waals surface area contributed by atoms with Crippen LogP contribution in [0.1, 0.15) is 26.2 Å². The molecule has 3 nitrogen and oxygen atoms in total. The summed E-state index contributed by atoms with van der Waals surface area (Å²) in [7, 11) is 0. The van der Waals surface area contributed by atoms with Crippen molar-refractivity contribution >= 4 is 5.91 Å². The van der Waals surface area contributed by atoms with Gasteiger partial charge in [-0.2, -0.15) is 0 Å². The minimum absolute atomic E-state index is 0.0731. The second kappa shape index (κ2) is 4.29. The number of hydrogen-bond donors (Lipinski definition) is 2. The van der Waals surface area contributed by atoms with Crippen molar-refractivity contribution in [2.75, 3.05) is 13.1 Å². The summed E-state index contributed by atoms with van der Waals surface area (Å²) >= 11 is 0. The predicted octanol–water partition coefficient (Wildman–Crippen LogP) is 0.255. The summed E-state index contributed by atoms with van der Waals surface area (Å²) in [5.41, 5.74) is 5.31. The van der Waals surface area contributed by atoms with Gasteiger partial charge in [0.15, 0.2) is 0 Å². The van der Waals surface area contributed by atoms with E-state index in [9.17, 15) is 4.79 Å². The maximum Gasteiger partial charge on any atom is 0.228 e. The van der Waals surface area contributed by atoms with Gasteiger partial charge >= 0.3 is 0 Å². The van der Waals surface area contributed by atoms with Crippen LogP contribution in [0.15, 0.2) is 0 Å². The minimum atomic E-state index is -0.268. The van der Waals surface area contributed by atoms with E-state index in [1.807, 2.05) is 0 Å². The van der Waals surface area contributed by atoms with Crippen LogP contribution in [0.3, 0.4) is 0 Å². The number of amides is 1. The molecule has 3 heteroatoms. The third kappa shape index (κ3) is 2.02. The van der Waals surface area contributed by atoms with Gasteiger partial charge in [0.05, 0.1) is 12.0 Å². The van der Waals surface area contributed by atoms with Crippen molar-refractivity contribution in [2.45, 2.75) is 26.2 Å². The Morgan fingerprint density at radius 1 is 1.62 bits per heavy atom. The lowest BCUT2D eigenvalue weighted by Crippen LogP contribution is -2.50. The molecular formula is C10H16N2O. The lowest BCUT2D eigenvalue weighted by Gasteiger charge is -2.38. The fourth-order valence-electron chi connectivity index (χ4n) is 1.53. The minimum Gasteiger partial charge on any atom is -0.345 e. The first kappa shape index (κ1) is 10.1. The third-order valence-corrected chi connectivity index (χ3v) is 2.70. The lowest BCUT2D eigenvalue weighted by molar-refractivity contribution is -0.134. The Morgan fingerprint density at radius 2 is 2.31 bits per heavy atom. The summed E-state index contributed by atoms with van der Waals surface area (Å²) in [6.45, 7) is 2.66. The van der Waals surface area contributed by atoms with Crippen LogP contribution in [-0.4, -0.2) is 19.0 Å². The average Bonchev–Trinajstić information content (AvgIpc) is 2.04. The van der Waals surface area contributed by atoms with Gasteiger partial charge in [-0.1, -0.05) is 12.3 Å². The molecule has 0 aromatic heterocycles. The first-order valence-corrected chi connectivity index (χ1v) is 4.63. The van der Waals surface area contributed by atoms with E-state index in [0.717, 1.165) is 19.3 Å². The number of nitrogens with one attached hydrogen (secondary N) is 1. The van der Waals surface area contributed by atoms with Gasteiger partial charge in [0.1, 0.15) is 0 Å². The summed E-state index contributed by atoms with van der Waals surface area (Å²) in [5, 5.41) is 2.78. The van der Waals surface area contributed by atoms with Crippen LogP contribution in [0.2, 0.25) is 0 Å². The molecule has 72 valence electrons. The average molecular weight is 180 g/mol. The number of rotatable bonds is 3. The maximum absolute atomic E-state index is 11.6. The van der Waals surface area contributed by atoms with E-state index in [1.165, 1.54) is 0 Å². The second-order valence-electron chi connectivity index (χ2n) is 3.45. The van der Waals surface area contributed by atoms with Gasteiger partial charge in [0.25, 0.3) is 0 Å². The van der Waals surface area contributed by atoms with Crippen molar-refractivity contribution in [3.05, 3.63) is 0 Å². The van der Waals surface area contributed by atoms with E-state index in [2.05, 4.69) is 17.2 Å². The highest BCUT2D eigenvalue weighted by Crippen LogP contribution is 2.39. The molecule has 3 N–H and O–H groups in total. The molecule has 0 saturated heterocycles. The van der Waals surface area contributed by atoms with Crippen LogP contribution >= 0.6 is 0 Å². The highest BCUT2D eigenvalue weighted by atomic mass is 16.2. The van der Waals surface area contributed by atoms with Gasteiger partial charge in [0, 0.05) is 6.54 Å². The Hall–Kier alpha value is -1.01. The van der Waals surface area contributed by atoms with Crippen molar-refractivity contribution in [2.24, 2.45) is 11.1 Å². The van der Waals surface area contributed by atoms with Gasteiger partial charge in [-0.05, 0) is 19.8 Å². The first-order chi connectivity index (χ1) is 6.25. The summed E-state index contributed by atoms with van der Waals surface area (Å²) < 4.78 is 0.